The summed E-state index contributed by atoms with van der Waals surface area (Å²) in [5, 5.41) is 1.69. The van der Waals surface area contributed by atoms with Crippen molar-refractivity contribution in [3.8, 4) is 0 Å². The predicted molar refractivity (Wildman–Crippen MR) is 52.4 cm³/mol. The van der Waals surface area contributed by atoms with Gasteiger partial charge in [-0.05, 0) is 26.0 Å². The van der Waals surface area contributed by atoms with Crippen molar-refractivity contribution >= 4 is 10.8 Å². The molecule has 0 aliphatic carbocycles. The molecule has 0 bridgehead atoms. The zero-order valence-electron chi connectivity index (χ0n) is 7.28. The normalized spacial score (nSPS) is 13.5. The fourth-order valence-electron chi connectivity index (χ4n) is 0.875. The van der Waals surface area contributed by atoms with Gasteiger partial charge in [-0.1, -0.05) is 23.8 Å². The Kier molecular flexibility index (Phi) is 3.23. The van der Waals surface area contributed by atoms with E-state index in [1.807, 2.05) is 38.1 Å². The molecule has 0 radical (unpaired) electrons. The van der Waals surface area contributed by atoms with Crippen molar-refractivity contribution in [2.24, 2.45) is 0 Å². The van der Waals surface area contributed by atoms with Gasteiger partial charge in [0.15, 0.2) is 0 Å². The molecule has 64 valence electrons. The van der Waals surface area contributed by atoms with Crippen LogP contribution in [0.1, 0.15) is 12.5 Å². The van der Waals surface area contributed by atoms with Crippen molar-refractivity contribution in [1.29, 1.82) is 0 Å². The van der Waals surface area contributed by atoms with E-state index in [4.69, 9.17) is 0 Å². The SMILES string of the molecule is C/C=C/[S@](=O)c1ccc(C)cc1. The lowest BCUT2D eigenvalue weighted by Gasteiger charge is -1.96. The molecular weight excluding hydrogens is 168 g/mol. The van der Waals surface area contributed by atoms with Gasteiger partial charge in [-0.25, -0.2) is 4.21 Å². The maximum absolute atomic E-state index is 11.4. The maximum atomic E-state index is 11.4. The zero-order chi connectivity index (χ0) is 8.97. The minimum Gasteiger partial charge on any atom is -0.250 e. The van der Waals surface area contributed by atoms with Gasteiger partial charge in [-0.3, -0.25) is 0 Å². The number of aryl methyl sites for hydroxylation is 1. The molecule has 0 fully saturated rings. The Morgan fingerprint density at radius 3 is 2.33 bits per heavy atom. The van der Waals surface area contributed by atoms with Gasteiger partial charge in [-0.2, -0.15) is 0 Å². The van der Waals surface area contributed by atoms with E-state index in [1.165, 1.54) is 5.56 Å². The average Bonchev–Trinajstić information content (AvgIpc) is 2.06. The number of benzene rings is 1. The summed E-state index contributed by atoms with van der Waals surface area (Å²) >= 11 is 0. The lowest BCUT2D eigenvalue weighted by molar-refractivity contribution is 0.688. The second-order valence-electron chi connectivity index (χ2n) is 2.58. The van der Waals surface area contributed by atoms with Crippen molar-refractivity contribution in [3.05, 3.63) is 41.3 Å². The third-order valence-corrected chi connectivity index (χ3v) is 2.77. The van der Waals surface area contributed by atoms with E-state index in [0.717, 1.165) is 4.90 Å². The molecule has 0 aromatic heterocycles. The number of allylic oxidation sites excluding steroid dienone is 1. The molecular formula is C10H12OS. The maximum Gasteiger partial charge on any atom is 0.0772 e. The van der Waals surface area contributed by atoms with E-state index in [-0.39, 0.29) is 0 Å². The molecule has 1 aromatic carbocycles. The monoisotopic (exact) mass is 180 g/mol. The van der Waals surface area contributed by atoms with Gasteiger partial charge in [-0.15, -0.1) is 0 Å². The molecule has 0 saturated carbocycles. The lowest BCUT2D eigenvalue weighted by atomic mass is 10.2. The van der Waals surface area contributed by atoms with Crippen molar-refractivity contribution in [3.63, 3.8) is 0 Å². The third kappa shape index (κ3) is 2.31. The molecule has 0 heterocycles. The van der Waals surface area contributed by atoms with Crippen molar-refractivity contribution in [2.75, 3.05) is 0 Å². The minimum atomic E-state index is -0.972. The lowest BCUT2D eigenvalue weighted by Crippen LogP contribution is -1.85. The highest BCUT2D eigenvalue weighted by atomic mass is 32.2. The van der Waals surface area contributed by atoms with E-state index in [1.54, 1.807) is 11.5 Å². The standard InChI is InChI=1S/C10H12OS/c1-3-8-12(11)10-6-4-9(2)5-7-10/h3-8H,1-2H3/b8-3+/t12-/m0/s1. The molecule has 1 nitrogen and oxygen atoms in total. The second kappa shape index (κ2) is 4.21. The molecule has 0 N–H and O–H groups in total. The fraction of sp³-hybridized carbons (Fsp3) is 0.200. The Morgan fingerprint density at radius 2 is 1.83 bits per heavy atom. The molecule has 0 unspecified atom stereocenters. The van der Waals surface area contributed by atoms with Gasteiger partial charge < -0.3 is 0 Å². The molecule has 0 aliphatic heterocycles. The Labute approximate surface area is 75.6 Å². The molecule has 1 aromatic rings. The molecule has 1 atom stereocenters. The van der Waals surface area contributed by atoms with Crippen LogP contribution in [-0.4, -0.2) is 4.21 Å². The van der Waals surface area contributed by atoms with E-state index in [2.05, 4.69) is 0 Å². The minimum absolute atomic E-state index is 0.860. The van der Waals surface area contributed by atoms with E-state index in [0.29, 0.717) is 0 Å². The summed E-state index contributed by atoms with van der Waals surface area (Å²) in [6.07, 6.45) is 1.80. The Morgan fingerprint density at radius 1 is 1.25 bits per heavy atom. The van der Waals surface area contributed by atoms with Crippen LogP contribution in [0.25, 0.3) is 0 Å². The topological polar surface area (TPSA) is 17.1 Å². The zero-order valence-corrected chi connectivity index (χ0v) is 8.10. The first-order valence-corrected chi connectivity index (χ1v) is 5.05. The molecule has 12 heavy (non-hydrogen) atoms. The van der Waals surface area contributed by atoms with E-state index >= 15 is 0 Å². The van der Waals surface area contributed by atoms with E-state index in [9.17, 15) is 4.21 Å². The van der Waals surface area contributed by atoms with Crippen LogP contribution in [0.3, 0.4) is 0 Å². The Hall–Kier alpha value is -0.890. The highest BCUT2D eigenvalue weighted by molar-refractivity contribution is 7.88. The van der Waals surface area contributed by atoms with Crippen LogP contribution in [0.15, 0.2) is 40.6 Å². The van der Waals surface area contributed by atoms with Crippen LogP contribution in [0.4, 0.5) is 0 Å². The molecule has 0 spiro atoms. The van der Waals surface area contributed by atoms with Gasteiger partial charge >= 0.3 is 0 Å². The Bertz CT molecular complexity index is 298. The molecule has 2 heteroatoms. The summed E-state index contributed by atoms with van der Waals surface area (Å²) < 4.78 is 11.4. The summed E-state index contributed by atoms with van der Waals surface area (Å²) in [5.41, 5.74) is 1.19. The van der Waals surface area contributed by atoms with Gasteiger partial charge in [0.1, 0.15) is 0 Å². The van der Waals surface area contributed by atoms with Crippen molar-refractivity contribution < 1.29 is 4.21 Å². The number of hydrogen-bond acceptors (Lipinski definition) is 1. The van der Waals surface area contributed by atoms with E-state index < -0.39 is 10.8 Å². The number of hydrogen-bond donors (Lipinski definition) is 0. The summed E-state index contributed by atoms with van der Waals surface area (Å²) in [7, 11) is -0.972. The fourth-order valence-corrected chi connectivity index (χ4v) is 1.68. The van der Waals surface area contributed by atoms with Gasteiger partial charge in [0.05, 0.1) is 10.8 Å². The third-order valence-electron chi connectivity index (χ3n) is 1.51. The van der Waals surface area contributed by atoms with Crippen molar-refractivity contribution in [1.82, 2.24) is 0 Å². The first-order chi connectivity index (χ1) is 5.74. The average molecular weight is 180 g/mol. The molecule has 0 aliphatic rings. The van der Waals surface area contributed by atoms with Crippen LogP contribution in [0, 0.1) is 6.92 Å². The summed E-state index contributed by atoms with van der Waals surface area (Å²) in [6.45, 7) is 3.88. The van der Waals surface area contributed by atoms with Gasteiger partial charge in [0, 0.05) is 10.3 Å². The van der Waals surface area contributed by atoms with Crippen LogP contribution in [-0.2, 0) is 10.8 Å². The quantitative estimate of drug-likeness (QED) is 0.683. The second-order valence-corrected chi connectivity index (χ2v) is 3.92. The smallest absolute Gasteiger partial charge is 0.0772 e. The summed E-state index contributed by atoms with van der Waals surface area (Å²) in [5.74, 6) is 0. The highest BCUT2D eigenvalue weighted by Gasteiger charge is 1.96. The largest absolute Gasteiger partial charge is 0.250 e. The van der Waals surface area contributed by atoms with Gasteiger partial charge in [0.25, 0.3) is 0 Å². The van der Waals surface area contributed by atoms with Crippen LogP contribution in [0.2, 0.25) is 0 Å². The molecule has 0 amide bonds. The molecule has 0 saturated heterocycles. The molecule has 1 rings (SSSR count). The van der Waals surface area contributed by atoms with Crippen LogP contribution < -0.4 is 0 Å². The highest BCUT2D eigenvalue weighted by Crippen LogP contribution is 2.08. The predicted octanol–water partition coefficient (Wildman–Crippen LogP) is 2.64. The van der Waals surface area contributed by atoms with Crippen LogP contribution >= 0.6 is 0 Å². The van der Waals surface area contributed by atoms with Crippen molar-refractivity contribution in [2.45, 2.75) is 18.7 Å². The van der Waals surface area contributed by atoms with Crippen LogP contribution in [0.5, 0.6) is 0 Å². The summed E-state index contributed by atoms with van der Waals surface area (Å²) in [4.78, 5) is 0.860. The van der Waals surface area contributed by atoms with Gasteiger partial charge in [0.2, 0.25) is 0 Å². The number of rotatable bonds is 2. The Balaban J connectivity index is 2.90. The first-order valence-electron chi connectivity index (χ1n) is 3.84. The first kappa shape index (κ1) is 9.20. The summed E-state index contributed by atoms with van der Waals surface area (Å²) in [6, 6.07) is 7.73.